The van der Waals surface area contributed by atoms with Crippen molar-refractivity contribution in [2.45, 2.75) is 6.18 Å². The number of hydrogen-bond acceptors (Lipinski definition) is 1. The summed E-state index contributed by atoms with van der Waals surface area (Å²) in [5.74, 6) is 0. The first kappa shape index (κ1) is 11.2. The van der Waals surface area contributed by atoms with Crippen molar-refractivity contribution in [2.75, 3.05) is 19.0 Å². The van der Waals surface area contributed by atoms with Crippen molar-refractivity contribution in [1.82, 2.24) is 0 Å². The highest BCUT2D eigenvalue weighted by Gasteiger charge is 2.30. The molecule has 0 saturated carbocycles. The molecule has 0 unspecified atom stereocenters. The quantitative estimate of drug-likeness (QED) is 0.705. The lowest BCUT2D eigenvalue weighted by Crippen LogP contribution is -2.11. The summed E-state index contributed by atoms with van der Waals surface area (Å²) in [6.07, 6.45) is -4.34. The predicted octanol–water partition coefficient (Wildman–Crippen LogP) is 3.42. The molecule has 1 aromatic rings. The molecular formula is C9H9ClF3N. The molecule has 0 saturated heterocycles. The molecule has 0 spiro atoms. The van der Waals surface area contributed by atoms with E-state index in [9.17, 15) is 13.2 Å². The minimum Gasteiger partial charge on any atom is -0.376 e. The van der Waals surface area contributed by atoms with Crippen molar-refractivity contribution in [3.05, 3.63) is 28.8 Å². The average molecular weight is 224 g/mol. The van der Waals surface area contributed by atoms with E-state index in [1.807, 2.05) is 0 Å². The highest BCUT2D eigenvalue weighted by Crippen LogP contribution is 2.34. The largest absolute Gasteiger partial charge is 0.416 e. The SMILES string of the molecule is CN(C)c1ccc(C(F)(F)F)cc1Cl. The monoisotopic (exact) mass is 223 g/mol. The first-order valence-electron chi connectivity index (χ1n) is 3.86. The van der Waals surface area contributed by atoms with Crippen LogP contribution in [-0.4, -0.2) is 14.1 Å². The van der Waals surface area contributed by atoms with Crippen LogP contribution in [0.1, 0.15) is 5.56 Å². The number of anilines is 1. The molecule has 0 N–H and O–H groups in total. The molecule has 78 valence electrons. The molecule has 1 rings (SSSR count). The van der Waals surface area contributed by atoms with Crippen LogP contribution in [0.2, 0.25) is 5.02 Å². The van der Waals surface area contributed by atoms with Gasteiger partial charge >= 0.3 is 6.18 Å². The second-order valence-corrected chi connectivity index (χ2v) is 3.47. The number of halogens is 4. The number of alkyl halides is 3. The molecule has 0 heterocycles. The van der Waals surface area contributed by atoms with E-state index >= 15 is 0 Å². The Hall–Kier alpha value is -0.900. The normalized spacial score (nSPS) is 11.6. The molecule has 0 radical (unpaired) electrons. The Kier molecular flexibility index (Phi) is 2.95. The number of benzene rings is 1. The maximum Gasteiger partial charge on any atom is 0.416 e. The summed E-state index contributed by atoms with van der Waals surface area (Å²) in [4.78, 5) is 1.66. The summed E-state index contributed by atoms with van der Waals surface area (Å²) >= 11 is 5.69. The summed E-state index contributed by atoms with van der Waals surface area (Å²) < 4.78 is 36.7. The van der Waals surface area contributed by atoms with Crippen LogP contribution in [0.3, 0.4) is 0 Å². The van der Waals surface area contributed by atoms with Crippen molar-refractivity contribution < 1.29 is 13.2 Å². The first-order chi connectivity index (χ1) is 6.32. The van der Waals surface area contributed by atoms with Gasteiger partial charge in [0.05, 0.1) is 16.3 Å². The Bertz CT molecular complexity index is 333. The molecular weight excluding hydrogens is 215 g/mol. The first-order valence-corrected chi connectivity index (χ1v) is 4.24. The number of nitrogens with zero attached hydrogens (tertiary/aromatic N) is 1. The molecule has 0 aromatic heterocycles. The Labute approximate surface area is 85.1 Å². The zero-order valence-electron chi connectivity index (χ0n) is 7.69. The van der Waals surface area contributed by atoms with Gasteiger partial charge in [-0.1, -0.05) is 11.6 Å². The van der Waals surface area contributed by atoms with Crippen LogP contribution in [0.4, 0.5) is 18.9 Å². The lowest BCUT2D eigenvalue weighted by Gasteiger charge is -2.15. The van der Waals surface area contributed by atoms with Gasteiger partial charge in [0, 0.05) is 14.1 Å². The molecule has 0 fully saturated rings. The van der Waals surface area contributed by atoms with Crippen molar-refractivity contribution in [3.63, 3.8) is 0 Å². The van der Waals surface area contributed by atoms with Crippen LogP contribution in [-0.2, 0) is 6.18 Å². The van der Waals surface area contributed by atoms with Crippen molar-refractivity contribution in [2.24, 2.45) is 0 Å². The van der Waals surface area contributed by atoms with Gasteiger partial charge in [-0.25, -0.2) is 0 Å². The molecule has 5 heteroatoms. The van der Waals surface area contributed by atoms with E-state index in [1.165, 1.54) is 6.07 Å². The van der Waals surface area contributed by atoms with E-state index in [2.05, 4.69) is 0 Å². The van der Waals surface area contributed by atoms with Crippen LogP contribution in [0.25, 0.3) is 0 Å². The van der Waals surface area contributed by atoms with Gasteiger partial charge in [0.2, 0.25) is 0 Å². The molecule has 1 nitrogen and oxygen atoms in total. The highest BCUT2D eigenvalue weighted by molar-refractivity contribution is 6.33. The van der Waals surface area contributed by atoms with E-state index in [0.717, 1.165) is 12.1 Å². The lowest BCUT2D eigenvalue weighted by atomic mass is 10.2. The topological polar surface area (TPSA) is 3.24 Å². The Balaban J connectivity index is 3.13. The van der Waals surface area contributed by atoms with Gasteiger partial charge in [-0.2, -0.15) is 13.2 Å². The third-order valence-electron chi connectivity index (χ3n) is 1.76. The van der Waals surface area contributed by atoms with E-state index in [1.54, 1.807) is 19.0 Å². The van der Waals surface area contributed by atoms with E-state index in [-0.39, 0.29) is 5.02 Å². The molecule has 0 aliphatic heterocycles. The van der Waals surface area contributed by atoms with E-state index in [4.69, 9.17) is 11.6 Å². The Morgan fingerprint density at radius 3 is 2.14 bits per heavy atom. The fraction of sp³-hybridized carbons (Fsp3) is 0.333. The molecule has 0 atom stereocenters. The smallest absolute Gasteiger partial charge is 0.376 e. The average Bonchev–Trinajstić information content (AvgIpc) is 2.01. The van der Waals surface area contributed by atoms with Crippen LogP contribution in [0.5, 0.6) is 0 Å². The zero-order valence-corrected chi connectivity index (χ0v) is 8.45. The second-order valence-electron chi connectivity index (χ2n) is 3.06. The van der Waals surface area contributed by atoms with Gasteiger partial charge in [0.1, 0.15) is 0 Å². The maximum atomic E-state index is 12.2. The summed E-state index contributed by atoms with van der Waals surface area (Å²) in [5, 5.41) is 0.102. The molecule has 1 aromatic carbocycles. The number of hydrogen-bond donors (Lipinski definition) is 0. The third kappa shape index (κ3) is 2.32. The molecule has 14 heavy (non-hydrogen) atoms. The van der Waals surface area contributed by atoms with Crippen LogP contribution >= 0.6 is 11.6 Å². The summed E-state index contributed by atoms with van der Waals surface area (Å²) in [5.41, 5.74) is -0.159. The van der Waals surface area contributed by atoms with E-state index in [0.29, 0.717) is 5.69 Å². The van der Waals surface area contributed by atoms with Gasteiger partial charge in [-0.15, -0.1) is 0 Å². The molecule has 0 aliphatic carbocycles. The third-order valence-corrected chi connectivity index (χ3v) is 2.06. The summed E-state index contributed by atoms with van der Waals surface area (Å²) in [6.45, 7) is 0. The Morgan fingerprint density at radius 2 is 1.79 bits per heavy atom. The highest BCUT2D eigenvalue weighted by atomic mass is 35.5. The molecule has 0 bridgehead atoms. The van der Waals surface area contributed by atoms with Gasteiger partial charge in [0.15, 0.2) is 0 Å². The molecule has 0 amide bonds. The summed E-state index contributed by atoms with van der Waals surface area (Å²) in [7, 11) is 3.43. The maximum absolute atomic E-state index is 12.2. The van der Waals surface area contributed by atoms with Gasteiger partial charge in [-0.05, 0) is 18.2 Å². The minimum atomic E-state index is -4.34. The Morgan fingerprint density at radius 1 is 1.21 bits per heavy atom. The fourth-order valence-corrected chi connectivity index (χ4v) is 1.40. The van der Waals surface area contributed by atoms with Gasteiger partial charge < -0.3 is 4.90 Å². The zero-order chi connectivity index (χ0) is 10.9. The number of rotatable bonds is 1. The molecule has 0 aliphatic rings. The summed E-state index contributed by atoms with van der Waals surface area (Å²) in [6, 6.07) is 3.29. The van der Waals surface area contributed by atoms with Crippen LogP contribution in [0.15, 0.2) is 18.2 Å². The lowest BCUT2D eigenvalue weighted by molar-refractivity contribution is -0.137. The van der Waals surface area contributed by atoms with Crippen LogP contribution < -0.4 is 4.90 Å². The van der Waals surface area contributed by atoms with Crippen molar-refractivity contribution in [3.8, 4) is 0 Å². The fourth-order valence-electron chi connectivity index (χ4n) is 1.05. The second kappa shape index (κ2) is 3.69. The van der Waals surface area contributed by atoms with Gasteiger partial charge in [-0.3, -0.25) is 0 Å². The van der Waals surface area contributed by atoms with Crippen LogP contribution in [0, 0.1) is 0 Å². The van der Waals surface area contributed by atoms with Gasteiger partial charge in [0.25, 0.3) is 0 Å². The minimum absolute atomic E-state index is 0.102. The predicted molar refractivity (Wildman–Crippen MR) is 50.8 cm³/mol. The van der Waals surface area contributed by atoms with Crippen molar-refractivity contribution in [1.29, 1.82) is 0 Å². The van der Waals surface area contributed by atoms with Crippen molar-refractivity contribution >= 4 is 17.3 Å². The van der Waals surface area contributed by atoms with E-state index < -0.39 is 11.7 Å². The standard InChI is InChI=1S/C9H9ClF3N/c1-14(2)8-4-3-6(5-7(8)10)9(11,12)13/h3-5H,1-2H3.